The Bertz CT molecular complexity index is 312. The van der Waals surface area contributed by atoms with Gasteiger partial charge in [-0.15, -0.1) is 11.3 Å². The van der Waals surface area contributed by atoms with Crippen LogP contribution < -0.4 is 5.32 Å². The average molecular weight is 214 g/mol. The van der Waals surface area contributed by atoms with Crippen molar-refractivity contribution in [3.8, 4) is 0 Å². The second-order valence-electron chi connectivity index (χ2n) is 3.12. The molecule has 14 heavy (non-hydrogen) atoms. The van der Waals surface area contributed by atoms with Crippen molar-refractivity contribution in [1.29, 1.82) is 0 Å². The topological polar surface area (TPSA) is 62.2 Å². The molecule has 1 atom stereocenters. The Morgan fingerprint density at radius 3 is 2.93 bits per heavy atom. The third kappa shape index (κ3) is 2.99. The van der Waals surface area contributed by atoms with E-state index in [1.165, 1.54) is 11.3 Å². The van der Waals surface area contributed by atoms with Gasteiger partial charge in [0.15, 0.2) is 5.13 Å². The van der Waals surface area contributed by atoms with Gasteiger partial charge in [-0.05, 0) is 13.3 Å². The van der Waals surface area contributed by atoms with Gasteiger partial charge in [0.05, 0.1) is 11.6 Å². The number of aromatic nitrogens is 1. The molecule has 0 saturated heterocycles. The highest BCUT2D eigenvalue weighted by Gasteiger charge is 2.14. The van der Waals surface area contributed by atoms with Crippen molar-refractivity contribution >= 4 is 22.4 Å². The van der Waals surface area contributed by atoms with Crippen LogP contribution in [0.5, 0.6) is 0 Å². The number of hydrogen-bond acceptors (Lipinski definition) is 4. The molecule has 0 radical (unpaired) electrons. The van der Waals surface area contributed by atoms with E-state index in [-0.39, 0.29) is 5.92 Å². The van der Waals surface area contributed by atoms with Crippen molar-refractivity contribution in [2.45, 2.75) is 20.3 Å². The molecule has 1 aromatic heterocycles. The zero-order valence-corrected chi connectivity index (χ0v) is 9.10. The summed E-state index contributed by atoms with van der Waals surface area (Å²) in [4.78, 5) is 14.9. The van der Waals surface area contributed by atoms with Gasteiger partial charge in [0, 0.05) is 11.9 Å². The first-order valence-corrected chi connectivity index (χ1v) is 5.40. The summed E-state index contributed by atoms with van der Waals surface area (Å²) in [5.74, 6) is -1.09. The van der Waals surface area contributed by atoms with Gasteiger partial charge in [-0.2, -0.15) is 0 Å². The second-order valence-corrected chi connectivity index (χ2v) is 3.98. The average Bonchev–Trinajstić information content (AvgIpc) is 2.52. The van der Waals surface area contributed by atoms with Crippen LogP contribution in [0.15, 0.2) is 5.38 Å². The Balaban J connectivity index is 2.43. The van der Waals surface area contributed by atoms with Gasteiger partial charge in [-0.3, -0.25) is 4.79 Å². The molecule has 1 aromatic rings. The third-order valence-corrected chi connectivity index (χ3v) is 2.88. The van der Waals surface area contributed by atoms with Gasteiger partial charge in [-0.1, -0.05) is 6.92 Å². The number of aryl methyl sites for hydroxylation is 1. The monoisotopic (exact) mass is 214 g/mol. The molecule has 0 spiro atoms. The van der Waals surface area contributed by atoms with Gasteiger partial charge in [-0.25, -0.2) is 4.98 Å². The van der Waals surface area contributed by atoms with Crippen molar-refractivity contribution in [2.75, 3.05) is 11.9 Å². The molecule has 0 aliphatic carbocycles. The lowest BCUT2D eigenvalue weighted by molar-refractivity contribution is -0.141. The molecule has 1 heterocycles. The molecule has 4 nitrogen and oxygen atoms in total. The molecule has 0 aliphatic rings. The van der Waals surface area contributed by atoms with Gasteiger partial charge in [0.2, 0.25) is 0 Å². The number of aliphatic carboxylic acids is 1. The van der Waals surface area contributed by atoms with Crippen molar-refractivity contribution in [2.24, 2.45) is 5.92 Å². The van der Waals surface area contributed by atoms with Gasteiger partial charge in [0.1, 0.15) is 0 Å². The summed E-state index contributed by atoms with van der Waals surface area (Å²) >= 11 is 1.50. The number of anilines is 1. The van der Waals surface area contributed by atoms with Crippen molar-refractivity contribution in [3.63, 3.8) is 0 Å². The third-order valence-electron chi connectivity index (χ3n) is 1.96. The molecule has 0 fully saturated rings. The normalized spacial score (nSPS) is 12.4. The maximum atomic E-state index is 10.7. The Kier molecular flexibility index (Phi) is 3.88. The van der Waals surface area contributed by atoms with E-state index in [4.69, 9.17) is 5.11 Å². The molecule has 0 aromatic carbocycles. The van der Waals surface area contributed by atoms with Crippen LogP contribution in [0.3, 0.4) is 0 Å². The summed E-state index contributed by atoms with van der Waals surface area (Å²) in [5, 5.41) is 14.6. The molecule has 1 rings (SSSR count). The molecule has 0 aliphatic heterocycles. The summed E-state index contributed by atoms with van der Waals surface area (Å²) in [6.07, 6.45) is 0.632. The van der Waals surface area contributed by atoms with Gasteiger partial charge in [0.25, 0.3) is 0 Å². The molecule has 0 bridgehead atoms. The number of nitrogens with one attached hydrogen (secondary N) is 1. The molecule has 5 heteroatoms. The smallest absolute Gasteiger partial charge is 0.308 e. The zero-order chi connectivity index (χ0) is 10.6. The van der Waals surface area contributed by atoms with Crippen LogP contribution in [0, 0.1) is 12.8 Å². The molecule has 0 amide bonds. The van der Waals surface area contributed by atoms with E-state index in [2.05, 4.69) is 10.3 Å². The Morgan fingerprint density at radius 2 is 2.50 bits per heavy atom. The highest BCUT2D eigenvalue weighted by molar-refractivity contribution is 7.13. The van der Waals surface area contributed by atoms with Crippen LogP contribution in [0.25, 0.3) is 0 Å². The van der Waals surface area contributed by atoms with Crippen LogP contribution in [0.4, 0.5) is 5.13 Å². The van der Waals surface area contributed by atoms with Crippen molar-refractivity contribution in [1.82, 2.24) is 4.98 Å². The maximum Gasteiger partial charge on any atom is 0.308 e. The Hall–Kier alpha value is -1.10. The van der Waals surface area contributed by atoms with E-state index >= 15 is 0 Å². The summed E-state index contributed by atoms with van der Waals surface area (Å²) in [7, 11) is 0. The molecule has 2 N–H and O–H groups in total. The van der Waals surface area contributed by atoms with Crippen LogP contribution in [-0.2, 0) is 4.79 Å². The SMILES string of the molecule is CCC(CNc1nc(C)cs1)C(=O)O. The van der Waals surface area contributed by atoms with Crippen molar-refractivity contribution < 1.29 is 9.90 Å². The van der Waals surface area contributed by atoms with Crippen molar-refractivity contribution in [3.05, 3.63) is 11.1 Å². The number of carboxylic acids is 1. The molecule has 0 saturated carbocycles. The predicted molar refractivity (Wildman–Crippen MR) is 56.8 cm³/mol. The van der Waals surface area contributed by atoms with E-state index in [0.717, 1.165) is 10.8 Å². The molecular weight excluding hydrogens is 200 g/mol. The highest BCUT2D eigenvalue weighted by atomic mass is 32.1. The summed E-state index contributed by atoms with van der Waals surface area (Å²) in [6, 6.07) is 0. The molecule has 1 unspecified atom stereocenters. The largest absolute Gasteiger partial charge is 0.481 e. The van der Waals surface area contributed by atoms with E-state index < -0.39 is 5.97 Å². The fourth-order valence-electron chi connectivity index (χ4n) is 1.05. The summed E-state index contributed by atoms with van der Waals surface area (Å²) in [6.45, 7) is 4.22. The maximum absolute atomic E-state index is 10.7. The van der Waals surface area contributed by atoms with E-state index in [1.807, 2.05) is 19.2 Å². The Labute approximate surface area is 87.0 Å². The fourth-order valence-corrected chi connectivity index (χ4v) is 1.75. The van der Waals surface area contributed by atoms with Crippen LogP contribution in [0.1, 0.15) is 19.0 Å². The first kappa shape index (κ1) is 11.0. The first-order valence-electron chi connectivity index (χ1n) is 4.52. The summed E-state index contributed by atoms with van der Waals surface area (Å²) in [5.41, 5.74) is 0.959. The van der Waals surface area contributed by atoms with Crippen LogP contribution in [-0.4, -0.2) is 22.6 Å². The van der Waals surface area contributed by atoms with Gasteiger partial charge >= 0.3 is 5.97 Å². The standard InChI is InChI=1S/C9H14N2O2S/c1-3-7(8(12)13)4-10-9-11-6(2)5-14-9/h5,7H,3-4H2,1-2H3,(H,10,11)(H,12,13). The molecule has 78 valence electrons. The van der Waals surface area contributed by atoms with Crippen LogP contribution in [0.2, 0.25) is 0 Å². The Morgan fingerprint density at radius 1 is 1.79 bits per heavy atom. The zero-order valence-electron chi connectivity index (χ0n) is 8.28. The predicted octanol–water partition coefficient (Wildman–Crippen LogP) is 1.97. The minimum Gasteiger partial charge on any atom is -0.481 e. The summed E-state index contributed by atoms with van der Waals surface area (Å²) < 4.78 is 0. The second kappa shape index (κ2) is 4.95. The number of rotatable bonds is 5. The van der Waals surface area contributed by atoms with E-state index in [0.29, 0.717) is 13.0 Å². The highest BCUT2D eigenvalue weighted by Crippen LogP contribution is 2.15. The quantitative estimate of drug-likeness (QED) is 0.786. The van der Waals surface area contributed by atoms with E-state index in [1.54, 1.807) is 0 Å². The number of carboxylic acid groups (broad SMARTS) is 1. The van der Waals surface area contributed by atoms with Gasteiger partial charge < -0.3 is 10.4 Å². The number of thiazole rings is 1. The number of nitrogens with zero attached hydrogens (tertiary/aromatic N) is 1. The van der Waals surface area contributed by atoms with E-state index in [9.17, 15) is 4.79 Å². The minimum absolute atomic E-state index is 0.334. The lowest BCUT2D eigenvalue weighted by Crippen LogP contribution is -2.21. The number of carbonyl (C=O) groups is 1. The number of hydrogen-bond donors (Lipinski definition) is 2. The minimum atomic E-state index is -0.756. The first-order chi connectivity index (χ1) is 6.63. The fraction of sp³-hybridized carbons (Fsp3) is 0.556. The molecular formula is C9H14N2O2S. The lowest BCUT2D eigenvalue weighted by atomic mass is 10.1. The van der Waals surface area contributed by atoms with Crippen LogP contribution >= 0.6 is 11.3 Å². The lowest BCUT2D eigenvalue weighted by Gasteiger charge is -2.09.